The molecule has 0 aromatic carbocycles. The zero-order valence-corrected chi connectivity index (χ0v) is 8.34. The van der Waals surface area contributed by atoms with Crippen LogP contribution in [0.1, 0.15) is 6.42 Å². The zero-order chi connectivity index (χ0) is 10.7. The molecule has 15 heavy (non-hydrogen) atoms. The number of carbonyl (C=O) groups excluding carboxylic acids is 2. The first-order valence-electron chi connectivity index (χ1n) is 5.20. The van der Waals surface area contributed by atoms with Crippen LogP contribution in [0.3, 0.4) is 0 Å². The molecule has 2 amide bonds. The predicted octanol–water partition coefficient (Wildman–Crippen LogP) is -1.10. The summed E-state index contributed by atoms with van der Waals surface area (Å²) in [7, 11) is 1.54. The zero-order valence-electron chi connectivity index (χ0n) is 8.34. The van der Waals surface area contributed by atoms with Crippen molar-refractivity contribution in [1.82, 2.24) is 5.32 Å². The molecule has 1 aliphatic heterocycles. The van der Waals surface area contributed by atoms with Gasteiger partial charge in [-0.3, -0.25) is 14.9 Å². The van der Waals surface area contributed by atoms with E-state index in [1.807, 2.05) is 0 Å². The van der Waals surface area contributed by atoms with E-state index in [9.17, 15) is 14.7 Å². The number of carbonyl (C=O) groups is 2. The fraction of sp³-hybridized carbons (Fsp3) is 0.800. The highest BCUT2D eigenvalue weighted by Crippen LogP contribution is 2.55. The lowest BCUT2D eigenvalue weighted by Gasteiger charge is -2.31. The van der Waals surface area contributed by atoms with Gasteiger partial charge in [0.1, 0.15) is 0 Å². The molecule has 3 rings (SSSR count). The maximum Gasteiger partial charge on any atom is 0.230 e. The molecule has 5 heteroatoms. The third-order valence-electron chi connectivity index (χ3n) is 4.18. The number of aliphatic hydroxyl groups is 1. The Hall–Kier alpha value is -0.940. The molecule has 2 N–H and O–H groups in total. The van der Waals surface area contributed by atoms with Crippen LogP contribution in [0.2, 0.25) is 0 Å². The highest BCUT2D eigenvalue weighted by atomic mass is 16.5. The molecular weight excluding hydrogens is 198 g/mol. The van der Waals surface area contributed by atoms with Crippen molar-refractivity contribution in [2.24, 2.45) is 23.7 Å². The van der Waals surface area contributed by atoms with E-state index in [0.29, 0.717) is 0 Å². The van der Waals surface area contributed by atoms with E-state index < -0.39 is 6.10 Å². The van der Waals surface area contributed by atoms with Crippen LogP contribution in [0, 0.1) is 23.7 Å². The Bertz CT molecular complexity index is 342. The predicted molar refractivity (Wildman–Crippen MR) is 48.5 cm³/mol. The van der Waals surface area contributed by atoms with Crippen LogP contribution in [0.15, 0.2) is 0 Å². The Labute approximate surface area is 86.8 Å². The van der Waals surface area contributed by atoms with Crippen molar-refractivity contribution < 1.29 is 19.4 Å². The van der Waals surface area contributed by atoms with E-state index in [-0.39, 0.29) is 41.6 Å². The second-order valence-electron chi connectivity index (χ2n) is 4.66. The normalized spacial score (nSPS) is 52.1. The molecule has 1 saturated heterocycles. The first-order valence-corrected chi connectivity index (χ1v) is 5.20. The minimum Gasteiger partial charge on any atom is -0.390 e. The van der Waals surface area contributed by atoms with Crippen LogP contribution in [-0.2, 0) is 14.3 Å². The molecule has 0 aromatic heterocycles. The van der Waals surface area contributed by atoms with Gasteiger partial charge in [0, 0.05) is 18.9 Å². The summed E-state index contributed by atoms with van der Waals surface area (Å²) in [5, 5.41) is 12.3. The van der Waals surface area contributed by atoms with E-state index in [1.165, 1.54) is 7.11 Å². The van der Waals surface area contributed by atoms with Gasteiger partial charge < -0.3 is 9.84 Å². The van der Waals surface area contributed by atoms with E-state index in [4.69, 9.17) is 4.74 Å². The highest BCUT2D eigenvalue weighted by molar-refractivity contribution is 6.06. The first-order chi connectivity index (χ1) is 7.15. The summed E-state index contributed by atoms with van der Waals surface area (Å²) in [6.45, 7) is 0. The van der Waals surface area contributed by atoms with Gasteiger partial charge in [-0.1, -0.05) is 0 Å². The number of fused-ring (bicyclic) bond motifs is 5. The van der Waals surface area contributed by atoms with Crippen LogP contribution >= 0.6 is 0 Å². The smallest absolute Gasteiger partial charge is 0.230 e. The Morgan fingerprint density at radius 1 is 1.27 bits per heavy atom. The summed E-state index contributed by atoms with van der Waals surface area (Å²) in [6, 6.07) is 0. The summed E-state index contributed by atoms with van der Waals surface area (Å²) in [5.74, 6) is -1.08. The second kappa shape index (κ2) is 2.80. The highest BCUT2D eigenvalue weighted by Gasteiger charge is 2.65. The van der Waals surface area contributed by atoms with Crippen molar-refractivity contribution in [3.05, 3.63) is 0 Å². The van der Waals surface area contributed by atoms with Crippen LogP contribution in [0.5, 0.6) is 0 Å². The standard InChI is InChI=1S/C10H13NO4/c1-15-8-4-2-3(7(8)12)5-6(4)10(14)11-9(5)13/h3-8,12H,2H2,1H3,(H,11,13,14). The van der Waals surface area contributed by atoms with E-state index in [2.05, 4.69) is 5.32 Å². The Balaban J connectivity index is 1.97. The number of methoxy groups -OCH3 is 1. The van der Waals surface area contributed by atoms with Crippen molar-refractivity contribution >= 4 is 11.8 Å². The summed E-state index contributed by atoms with van der Waals surface area (Å²) in [4.78, 5) is 23.1. The van der Waals surface area contributed by atoms with Crippen LogP contribution in [-0.4, -0.2) is 36.2 Å². The number of nitrogens with one attached hydrogen (secondary N) is 1. The number of imide groups is 1. The Morgan fingerprint density at radius 3 is 2.47 bits per heavy atom. The summed E-state index contributed by atoms with van der Waals surface area (Å²) < 4.78 is 5.21. The Morgan fingerprint density at radius 2 is 1.87 bits per heavy atom. The minimum atomic E-state index is -0.599. The molecule has 2 bridgehead atoms. The molecule has 0 radical (unpaired) electrons. The van der Waals surface area contributed by atoms with Gasteiger partial charge in [-0.2, -0.15) is 0 Å². The summed E-state index contributed by atoms with van der Waals surface area (Å²) in [5.41, 5.74) is 0. The third-order valence-corrected chi connectivity index (χ3v) is 4.18. The molecule has 2 aliphatic carbocycles. The van der Waals surface area contributed by atoms with Gasteiger partial charge in [0.2, 0.25) is 11.8 Å². The minimum absolute atomic E-state index is 0.00597. The molecule has 3 fully saturated rings. The number of hydrogen-bond donors (Lipinski definition) is 2. The maximum atomic E-state index is 11.6. The van der Waals surface area contributed by atoms with Gasteiger partial charge in [-0.05, 0) is 6.42 Å². The van der Waals surface area contributed by atoms with Crippen LogP contribution in [0.25, 0.3) is 0 Å². The molecular formula is C10H13NO4. The molecule has 5 nitrogen and oxygen atoms in total. The monoisotopic (exact) mass is 211 g/mol. The van der Waals surface area contributed by atoms with Crippen molar-refractivity contribution in [2.75, 3.05) is 7.11 Å². The van der Waals surface area contributed by atoms with Crippen molar-refractivity contribution in [1.29, 1.82) is 0 Å². The summed E-state index contributed by atoms with van der Waals surface area (Å²) in [6.07, 6.45) is -0.153. The summed E-state index contributed by atoms with van der Waals surface area (Å²) >= 11 is 0. The van der Waals surface area contributed by atoms with E-state index in [0.717, 1.165) is 6.42 Å². The quantitative estimate of drug-likeness (QED) is 0.540. The topological polar surface area (TPSA) is 75.6 Å². The van der Waals surface area contributed by atoms with Crippen molar-refractivity contribution in [3.63, 3.8) is 0 Å². The van der Waals surface area contributed by atoms with E-state index in [1.54, 1.807) is 0 Å². The maximum absolute atomic E-state index is 11.6. The van der Waals surface area contributed by atoms with Crippen LogP contribution < -0.4 is 5.32 Å². The van der Waals surface area contributed by atoms with E-state index >= 15 is 0 Å². The molecule has 2 saturated carbocycles. The Kier molecular flexibility index (Phi) is 1.73. The average Bonchev–Trinajstić information content (AvgIpc) is 2.78. The first kappa shape index (κ1) is 9.30. The van der Waals surface area contributed by atoms with Gasteiger partial charge in [0.25, 0.3) is 0 Å². The molecule has 6 atom stereocenters. The second-order valence-corrected chi connectivity index (χ2v) is 4.66. The molecule has 0 spiro atoms. The SMILES string of the molecule is COC1C(O)C2CC1C1C(=O)NC(=O)C21. The number of ether oxygens (including phenoxy) is 1. The van der Waals surface area contributed by atoms with Gasteiger partial charge in [0.05, 0.1) is 24.0 Å². The van der Waals surface area contributed by atoms with Gasteiger partial charge in [0.15, 0.2) is 0 Å². The molecule has 1 heterocycles. The van der Waals surface area contributed by atoms with Gasteiger partial charge in [-0.25, -0.2) is 0 Å². The largest absolute Gasteiger partial charge is 0.390 e. The van der Waals surface area contributed by atoms with Gasteiger partial charge in [-0.15, -0.1) is 0 Å². The average molecular weight is 211 g/mol. The fourth-order valence-corrected chi connectivity index (χ4v) is 3.64. The molecule has 82 valence electrons. The van der Waals surface area contributed by atoms with Crippen LogP contribution in [0.4, 0.5) is 0 Å². The number of amides is 2. The lowest BCUT2D eigenvalue weighted by atomic mass is 9.78. The van der Waals surface area contributed by atoms with Crippen molar-refractivity contribution in [3.8, 4) is 0 Å². The number of rotatable bonds is 1. The lowest BCUT2D eigenvalue weighted by molar-refractivity contribution is -0.131. The fourth-order valence-electron chi connectivity index (χ4n) is 3.64. The molecule has 6 unspecified atom stereocenters. The number of hydrogen-bond acceptors (Lipinski definition) is 4. The number of aliphatic hydroxyl groups excluding tert-OH is 1. The molecule has 3 aliphatic rings. The van der Waals surface area contributed by atoms with Gasteiger partial charge >= 0.3 is 0 Å². The lowest BCUT2D eigenvalue weighted by Crippen LogP contribution is -2.44. The van der Waals surface area contributed by atoms with Crippen molar-refractivity contribution in [2.45, 2.75) is 18.6 Å². The third kappa shape index (κ3) is 0.948. The molecule has 0 aromatic rings.